The van der Waals surface area contributed by atoms with Gasteiger partial charge in [0, 0.05) is 25.5 Å². The monoisotopic (exact) mass is 289 g/mol. The van der Waals surface area contributed by atoms with Gasteiger partial charge >= 0.3 is 0 Å². The molecule has 0 radical (unpaired) electrons. The van der Waals surface area contributed by atoms with Gasteiger partial charge in [0.1, 0.15) is 5.82 Å². The number of rotatable bonds is 6. The van der Waals surface area contributed by atoms with Crippen molar-refractivity contribution in [3.8, 4) is 0 Å². The molecular weight excluding hydrogens is 269 g/mol. The smallest absolute Gasteiger partial charge is 0.191 e. The lowest BCUT2D eigenvalue weighted by Gasteiger charge is -2.11. The van der Waals surface area contributed by atoms with Crippen LogP contribution in [-0.2, 0) is 13.1 Å². The van der Waals surface area contributed by atoms with Crippen molar-refractivity contribution >= 4 is 5.96 Å². The fraction of sp³-hybridized carbons (Fsp3) is 0.333. The fourth-order valence-corrected chi connectivity index (χ4v) is 1.82. The van der Waals surface area contributed by atoms with E-state index in [0.717, 1.165) is 31.2 Å². The Balaban J connectivity index is 1.84. The van der Waals surface area contributed by atoms with Crippen LogP contribution < -0.4 is 10.6 Å². The largest absolute Gasteiger partial charge is 0.357 e. The van der Waals surface area contributed by atoms with Crippen LogP contribution >= 0.6 is 0 Å². The summed E-state index contributed by atoms with van der Waals surface area (Å²) < 4.78 is 14.7. The van der Waals surface area contributed by atoms with Gasteiger partial charge in [0.25, 0.3) is 0 Å². The van der Waals surface area contributed by atoms with E-state index in [1.165, 1.54) is 12.1 Å². The van der Waals surface area contributed by atoms with E-state index in [1.54, 1.807) is 18.3 Å². The molecule has 21 heavy (non-hydrogen) atoms. The van der Waals surface area contributed by atoms with Crippen LogP contribution in [0.15, 0.2) is 47.7 Å². The van der Waals surface area contributed by atoms with Crippen molar-refractivity contribution in [2.45, 2.75) is 20.0 Å². The van der Waals surface area contributed by atoms with Crippen molar-refractivity contribution in [1.29, 1.82) is 0 Å². The van der Waals surface area contributed by atoms with Crippen LogP contribution in [0.1, 0.15) is 12.5 Å². The molecule has 5 nitrogen and oxygen atoms in total. The SMILES string of the molecule is CCNC(=NCc1ccc(F)cc1)NCCn1cccn1. The maximum Gasteiger partial charge on any atom is 0.191 e. The van der Waals surface area contributed by atoms with Gasteiger partial charge in [0.05, 0.1) is 13.1 Å². The molecule has 0 saturated heterocycles. The van der Waals surface area contributed by atoms with E-state index < -0.39 is 0 Å². The third-order valence-corrected chi connectivity index (χ3v) is 2.87. The molecular formula is C15H20FN5. The number of nitrogens with one attached hydrogen (secondary N) is 2. The lowest BCUT2D eigenvalue weighted by molar-refractivity contribution is 0.598. The van der Waals surface area contributed by atoms with Crippen molar-refractivity contribution in [2.24, 2.45) is 4.99 Å². The molecule has 0 amide bonds. The number of benzene rings is 1. The average molecular weight is 289 g/mol. The molecule has 2 rings (SSSR count). The normalized spacial score (nSPS) is 11.4. The Bertz CT molecular complexity index is 548. The van der Waals surface area contributed by atoms with Crippen LogP contribution in [-0.4, -0.2) is 28.8 Å². The number of aliphatic imine (C=N–C) groups is 1. The van der Waals surface area contributed by atoms with Crippen molar-refractivity contribution in [2.75, 3.05) is 13.1 Å². The van der Waals surface area contributed by atoms with Gasteiger partial charge in [-0.2, -0.15) is 5.10 Å². The van der Waals surface area contributed by atoms with Gasteiger partial charge in [-0.05, 0) is 30.7 Å². The van der Waals surface area contributed by atoms with Crippen LogP contribution in [0, 0.1) is 5.82 Å². The summed E-state index contributed by atoms with van der Waals surface area (Å²) in [4.78, 5) is 4.47. The molecule has 112 valence electrons. The molecule has 2 aromatic rings. The molecule has 0 spiro atoms. The summed E-state index contributed by atoms with van der Waals surface area (Å²) >= 11 is 0. The van der Waals surface area contributed by atoms with Crippen molar-refractivity contribution in [3.05, 3.63) is 54.1 Å². The van der Waals surface area contributed by atoms with E-state index >= 15 is 0 Å². The summed E-state index contributed by atoms with van der Waals surface area (Å²) in [6.07, 6.45) is 3.68. The van der Waals surface area contributed by atoms with Gasteiger partial charge in [-0.15, -0.1) is 0 Å². The summed E-state index contributed by atoms with van der Waals surface area (Å²) in [7, 11) is 0. The van der Waals surface area contributed by atoms with E-state index in [-0.39, 0.29) is 5.82 Å². The van der Waals surface area contributed by atoms with E-state index in [2.05, 4.69) is 20.7 Å². The first-order valence-electron chi connectivity index (χ1n) is 7.02. The molecule has 0 atom stereocenters. The molecule has 0 unspecified atom stereocenters. The highest BCUT2D eigenvalue weighted by Crippen LogP contribution is 2.03. The number of nitrogens with zero attached hydrogens (tertiary/aromatic N) is 3. The zero-order valence-corrected chi connectivity index (χ0v) is 12.1. The van der Waals surface area contributed by atoms with Gasteiger partial charge in [-0.25, -0.2) is 9.38 Å². The number of aromatic nitrogens is 2. The first-order chi connectivity index (χ1) is 10.3. The third-order valence-electron chi connectivity index (χ3n) is 2.87. The van der Waals surface area contributed by atoms with Crippen LogP contribution in [0.3, 0.4) is 0 Å². The summed E-state index contributed by atoms with van der Waals surface area (Å²) in [5.41, 5.74) is 0.973. The Labute approximate surface area is 123 Å². The van der Waals surface area contributed by atoms with Gasteiger partial charge < -0.3 is 10.6 Å². The second-order valence-electron chi connectivity index (χ2n) is 4.52. The fourth-order valence-electron chi connectivity index (χ4n) is 1.82. The number of hydrogen-bond acceptors (Lipinski definition) is 2. The number of halogens is 1. The maximum atomic E-state index is 12.8. The van der Waals surface area contributed by atoms with E-state index in [1.807, 2.05) is 23.9 Å². The minimum absolute atomic E-state index is 0.230. The van der Waals surface area contributed by atoms with Crippen molar-refractivity contribution in [3.63, 3.8) is 0 Å². The Morgan fingerprint density at radius 1 is 1.29 bits per heavy atom. The van der Waals surface area contributed by atoms with Crippen molar-refractivity contribution < 1.29 is 4.39 Å². The lowest BCUT2D eigenvalue weighted by atomic mass is 10.2. The lowest BCUT2D eigenvalue weighted by Crippen LogP contribution is -2.38. The molecule has 2 N–H and O–H groups in total. The van der Waals surface area contributed by atoms with Gasteiger partial charge in [-0.3, -0.25) is 4.68 Å². The first kappa shape index (κ1) is 15.0. The quantitative estimate of drug-likeness (QED) is 0.629. The average Bonchev–Trinajstić information content (AvgIpc) is 3.00. The first-order valence-corrected chi connectivity index (χ1v) is 7.02. The standard InChI is InChI=1S/C15H20FN5/c1-2-17-15(18-9-11-21-10-3-8-20-21)19-12-13-4-6-14(16)7-5-13/h3-8,10H,2,9,11-12H2,1H3,(H2,17,18,19). The molecule has 0 saturated carbocycles. The highest BCUT2D eigenvalue weighted by Gasteiger charge is 1.98. The zero-order chi connectivity index (χ0) is 14.9. The summed E-state index contributed by atoms with van der Waals surface area (Å²) in [6.45, 7) is 4.82. The van der Waals surface area contributed by atoms with E-state index in [4.69, 9.17) is 0 Å². The third kappa shape index (κ3) is 5.25. The molecule has 6 heteroatoms. The molecule has 0 aliphatic rings. The summed E-state index contributed by atoms with van der Waals surface area (Å²) in [5.74, 6) is 0.515. The minimum Gasteiger partial charge on any atom is -0.357 e. The topological polar surface area (TPSA) is 54.2 Å². The number of hydrogen-bond donors (Lipinski definition) is 2. The van der Waals surface area contributed by atoms with Gasteiger partial charge in [0.15, 0.2) is 5.96 Å². The number of guanidine groups is 1. The van der Waals surface area contributed by atoms with Crippen molar-refractivity contribution in [1.82, 2.24) is 20.4 Å². The molecule has 1 aromatic heterocycles. The minimum atomic E-state index is -0.230. The second kappa shape index (κ2) is 8.04. The predicted octanol–water partition coefficient (Wildman–Crippen LogP) is 1.78. The molecule has 0 fully saturated rings. The van der Waals surface area contributed by atoms with E-state index in [0.29, 0.717) is 6.54 Å². The van der Waals surface area contributed by atoms with Gasteiger partial charge in [-0.1, -0.05) is 12.1 Å². The van der Waals surface area contributed by atoms with Crippen LogP contribution in [0.5, 0.6) is 0 Å². The second-order valence-corrected chi connectivity index (χ2v) is 4.52. The summed E-state index contributed by atoms with van der Waals surface area (Å²) in [5, 5.41) is 10.6. The Hall–Kier alpha value is -2.37. The highest BCUT2D eigenvalue weighted by molar-refractivity contribution is 5.79. The highest BCUT2D eigenvalue weighted by atomic mass is 19.1. The molecule has 0 aliphatic carbocycles. The Morgan fingerprint density at radius 3 is 2.76 bits per heavy atom. The van der Waals surface area contributed by atoms with Crippen LogP contribution in [0.4, 0.5) is 4.39 Å². The molecule has 1 aromatic carbocycles. The Kier molecular flexibility index (Phi) is 5.75. The summed E-state index contributed by atoms with van der Waals surface area (Å²) in [6, 6.07) is 8.28. The van der Waals surface area contributed by atoms with Crippen LogP contribution in [0.2, 0.25) is 0 Å². The molecule has 1 heterocycles. The molecule has 0 aliphatic heterocycles. The zero-order valence-electron chi connectivity index (χ0n) is 12.1. The molecule has 0 bridgehead atoms. The maximum absolute atomic E-state index is 12.8. The van der Waals surface area contributed by atoms with Crippen LogP contribution in [0.25, 0.3) is 0 Å². The van der Waals surface area contributed by atoms with Gasteiger partial charge in [0.2, 0.25) is 0 Å². The predicted molar refractivity (Wildman–Crippen MR) is 81.4 cm³/mol. The Morgan fingerprint density at radius 2 is 2.10 bits per heavy atom. The van der Waals surface area contributed by atoms with E-state index in [9.17, 15) is 4.39 Å².